The van der Waals surface area contributed by atoms with Crippen molar-refractivity contribution in [2.45, 2.75) is 116 Å². The Hall–Kier alpha value is -1.44. The second-order valence-corrected chi connectivity index (χ2v) is 9.20. The summed E-state index contributed by atoms with van der Waals surface area (Å²) in [5.74, 6) is 1.33. The van der Waals surface area contributed by atoms with Crippen molar-refractivity contribution in [3.63, 3.8) is 0 Å². The summed E-state index contributed by atoms with van der Waals surface area (Å²) in [4.78, 5) is 0. The molecule has 0 atom stereocenters. The van der Waals surface area contributed by atoms with E-state index in [1.54, 1.807) is 5.56 Å². The Morgan fingerprint density at radius 2 is 1.36 bits per heavy atom. The minimum Gasteiger partial charge on any atom is -0.398 e. The summed E-state index contributed by atoms with van der Waals surface area (Å²) in [5.41, 5.74) is 21.4. The fourth-order valence-electron chi connectivity index (χ4n) is 5.73. The molecule has 2 aliphatic rings. The molecule has 2 saturated carbocycles. The summed E-state index contributed by atoms with van der Waals surface area (Å²) >= 11 is 0. The van der Waals surface area contributed by atoms with E-state index < -0.39 is 0 Å². The summed E-state index contributed by atoms with van der Waals surface area (Å²) < 4.78 is 0. The zero-order chi connectivity index (χ0) is 19.9. The number of hydrogen-bond acceptors (Lipinski definition) is 2. The Kier molecular flexibility index (Phi) is 7.88. The highest BCUT2D eigenvalue weighted by atomic mass is 14.7. The summed E-state index contributed by atoms with van der Waals surface area (Å²) in [7, 11) is 0. The van der Waals surface area contributed by atoms with E-state index in [2.05, 4.69) is 26.0 Å². The van der Waals surface area contributed by atoms with Gasteiger partial charge in [0.15, 0.2) is 0 Å². The lowest BCUT2D eigenvalue weighted by Crippen LogP contribution is -2.19. The summed E-state index contributed by atoms with van der Waals surface area (Å²) in [6, 6.07) is 0. The van der Waals surface area contributed by atoms with E-state index in [0.29, 0.717) is 11.8 Å². The third kappa shape index (κ3) is 4.75. The smallest absolute Gasteiger partial charge is 0.0405 e. The highest BCUT2D eigenvalue weighted by Gasteiger charge is 2.30. The molecule has 0 aliphatic heterocycles. The van der Waals surface area contributed by atoms with Gasteiger partial charge < -0.3 is 11.5 Å². The zero-order valence-corrected chi connectivity index (χ0v) is 18.4. The second kappa shape index (κ2) is 10.4. The van der Waals surface area contributed by atoms with Crippen LogP contribution in [-0.2, 0) is 6.42 Å². The largest absolute Gasteiger partial charge is 0.398 e. The van der Waals surface area contributed by atoms with Crippen LogP contribution in [0.25, 0.3) is 0 Å². The van der Waals surface area contributed by atoms with Crippen LogP contribution < -0.4 is 11.5 Å². The number of unbranched alkanes of at least 4 members (excludes halogenated alkanes) is 1. The van der Waals surface area contributed by atoms with Gasteiger partial charge in [0, 0.05) is 11.4 Å². The molecule has 0 heterocycles. The van der Waals surface area contributed by atoms with Gasteiger partial charge in [0.2, 0.25) is 0 Å². The van der Waals surface area contributed by atoms with Gasteiger partial charge in [0.25, 0.3) is 0 Å². The van der Waals surface area contributed by atoms with Gasteiger partial charge in [0.05, 0.1) is 0 Å². The van der Waals surface area contributed by atoms with Crippen molar-refractivity contribution in [3.05, 3.63) is 34.4 Å². The van der Waals surface area contributed by atoms with Crippen molar-refractivity contribution in [2.75, 3.05) is 11.5 Å². The maximum absolute atomic E-state index is 6.93. The topological polar surface area (TPSA) is 52.0 Å². The molecule has 0 spiro atoms. The molecule has 2 aliphatic carbocycles. The molecule has 0 aromatic heterocycles. The predicted molar refractivity (Wildman–Crippen MR) is 124 cm³/mol. The lowest BCUT2D eigenvalue weighted by atomic mass is 9.72. The Morgan fingerprint density at radius 3 is 1.93 bits per heavy atom. The molecule has 0 saturated heterocycles. The van der Waals surface area contributed by atoms with Crippen molar-refractivity contribution in [3.8, 4) is 0 Å². The maximum atomic E-state index is 6.93. The van der Waals surface area contributed by atoms with Crippen molar-refractivity contribution in [1.82, 2.24) is 0 Å². The van der Waals surface area contributed by atoms with E-state index in [9.17, 15) is 0 Å². The van der Waals surface area contributed by atoms with Gasteiger partial charge in [0.1, 0.15) is 0 Å². The van der Waals surface area contributed by atoms with E-state index in [1.165, 1.54) is 80.9 Å². The average molecular weight is 383 g/mol. The standard InChI is InChI=1S/C26H42N2/c1-3-4-5-6-13-18-22-25(27)19(2)23(20-14-9-7-10-15-20)24(26(22)28)21-16-11-8-12-17-21/h4-5,20-21H,3,6-18,27-28H2,1-2H3. The lowest BCUT2D eigenvalue weighted by molar-refractivity contribution is 0.418. The van der Waals surface area contributed by atoms with E-state index in [1.807, 2.05) is 0 Å². The highest BCUT2D eigenvalue weighted by molar-refractivity contribution is 5.73. The molecule has 2 nitrogen and oxygen atoms in total. The highest BCUT2D eigenvalue weighted by Crippen LogP contribution is 2.48. The van der Waals surface area contributed by atoms with Crippen molar-refractivity contribution < 1.29 is 0 Å². The molecule has 0 bridgehead atoms. The number of hydrogen-bond donors (Lipinski definition) is 2. The Balaban J connectivity index is 1.97. The first-order valence-corrected chi connectivity index (χ1v) is 12.0. The average Bonchev–Trinajstić information content (AvgIpc) is 2.73. The minimum absolute atomic E-state index is 0.656. The molecule has 0 amide bonds. The zero-order valence-electron chi connectivity index (χ0n) is 18.4. The molecule has 0 unspecified atom stereocenters. The van der Waals surface area contributed by atoms with Gasteiger partial charge in [-0.2, -0.15) is 0 Å². The number of rotatable bonds is 7. The van der Waals surface area contributed by atoms with Gasteiger partial charge in [-0.05, 0) is 92.4 Å². The molecule has 3 rings (SSSR count). The SMILES string of the molecule is CCC=CCCCc1c(N)c(C)c(C2CCCCC2)c(C2CCCCC2)c1N. The van der Waals surface area contributed by atoms with Gasteiger partial charge in [-0.15, -0.1) is 0 Å². The van der Waals surface area contributed by atoms with Crippen LogP contribution in [0.3, 0.4) is 0 Å². The first-order valence-electron chi connectivity index (χ1n) is 12.0. The fraction of sp³-hybridized carbons (Fsp3) is 0.692. The minimum atomic E-state index is 0.656. The number of benzene rings is 1. The Morgan fingerprint density at radius 1 is 0.786 bits per heavy atom. The van der Waals surface area contributed by atoms with Crippen LogP contribution in [0.4, 0.5) is 11.4 Å². The van der Waals surface area contributed by atoms with Gasteiger partial charge in [-0.1, -0.05) is 57.6 Å². The maximum Gasteiger partial charge on any atom is 0.0405 e. The van der Waals surface area contributed by atoms with E-state index >= 15 is 0 Å². The van der Waals surface area contributed by atoms with E-state index in [0.717, 1.165) is 37.1 Å². The third-order valence-corrected chi connectivity index (χ3v) is 7.27. The van der Waals surface area contributed by atoms with Gasteiger partial charge >= 0.3 is 0 Å². The predicted octanol–water partition coefficient (Wildman–Crippen LogP) is 7.54. The van der Waals surface area contributed by atoms with Crippen LogP contribution in [0.15, 0.2) is 12.2 Å². The molecule has 2 heteroatoms. The first-order chi connectivity index (χ1) is 13.6. The van der Waals surface area contributed by atoms with Crippen LogP contribution >= 0.6 is 0 Å². The lowest BCUT2D eigenvalue weighted by Gasteiger charge is -2.34. The van der Waals surface area contributed by atoms with Crippen LogP contribution in [-0.4, -0.2) is 0 Å². The Labute approximate surface area is 173 Å². The molecule has 156 valence electrons. The van der Waals surface area contributed by atoms with Gasteiger partial charge in [-0.25, -0.2) is 0 Å². The van der Waals surface area contributed by atoms with Gasteiger partial charge in [-0.3, -0.25) is 0 Å². The molecule has 28 heavy (non-hydrogen) atoms. The van der Waals surface area contributed by atoms with Crippen LogP contribution in [0.1, 0.15) is 124 Å². The quantitative estimate of drug-likeness (QED) is 0.290. The summed E-state index contributed by atoms with van der Waals surface area (Å²) in [5, 5.41) is 0. The monoisotopic (exact) mass is 382 g/mol. The van der Waals surface area contributed by atoms with Crippen molar-refractivity contribution in [2.24, 2.45) is 0 Å². The van der Waals surface area contributed by atoms with E-state index in [4.69, 9.17) is 11.5 Å². The van der Waals surface area contributed by atoms with Crippen molar-refractivity contribution in [1.29, 1.82) is 0 Å². The second-order valence-electron chi connectivity index (χ2n) is 9.20. The first kappa shape index (κ1) is 21.3. The molecule has 2 fully saturated rings. The molecule has 4 N–H and O–H groups in total. The normalized spacial score (nSPS) is 19.5. The third-order valence-electron chi connectivity index (χ3n) is 7.27. The molecule has 0 radical (unpaired) electrons. The molecular weight excluding hydrogens is 340 g/mol. The molecular formula is C26H42N2. The molecule has 1 aromatic rings. The van der Waals surface area contributed by atoms with E-state index in [-0.39, 0.29) is 0 Å². The molecule has 1 aromatic carbocycles. The number of anilines is 2. The summed E-state index contributed by atoms with van der Waals surface area (Å²) in [6.45, 7) is 4.47. The number of allylic oxidation sites excluding steroid dienone is 2. The Bertz CT molecular complexity index is 662. The van der Waals surface area contributed by atoms with Crippen LogP contribution in [0, 0.1) is 6.92 Å². The fourth-order valence-corrected chi connectivity index (χ4v) is 5.73. The van der Waals surface area contributed by atoms with Crippen LogP contribution in [0.5, 0.6) is 0 Å². The van der Waals surface area contributed by atoms with Crippen molar-refractivity contribution >= 4 is 11.4 Å². The van der Waals surface area contributed by atoms with Crippen LogP contribution in [0.2, 0.25) is 0 Å². The summed E-state index contributed by atoms with van der Waals surface area (Å²) in [6.07, 6.45) is 22.4. The number of nitrogen functional groups attached to an aromatic ring is 2. The number of nitrogens with two attached hydrogens (primary N) is 2.